The van der Waals surface area contributed by atoms with Crippen LogP contribution in [0.4, 0.5) is 0 Å². The van der Waals surface area contributed by atoms with Crippen molar-refractivity contribution < 1.29 is 4.79 Å². The maximum atomic E-state index is 12.2. The van der Waals surface area contributed by atoms with E-state index in [1.165, 1.54) is 18.4 Å². The Balaban J connectivity index is 1.65. The summed E-state index contributed by atoms with van der Waals surface area (Å²) in [5.41, 5.74) is 2.41. The topological polar surface area (TPSA) is 29.1 Å². The van der Waals surface area contributed by atoms with Crippen LogP contribution in [0, 0.1) is 12.8 Å². The zero-order valence-corrected chi connectivity index (χ0v) is 10.3. The van der Waals surface area contributed by atoms with Crippen LogP contribution in [0.1, 0.15) is 30.4 Å². The standard InChI is InChI=1S/C15H19NO/c1-10-2-4-11(5-3-10)8-15(17)13-9-12-6-7-14(13)16-12/h2-5,12-14,16H,6-9H2,1H3. The predicted molar refractivity (Wildman–Crippen MR) is 67.9 cm³/mol. The fourth-order valence-corrected chi connectivity index (χ4v) is 3.22. The minimum Gasteiger partial charge on any atom is -0.310 e. The zero-order valence-electron chi connectivity index (χ0n) is 10.3. The lowest BCUT2D eigenvalue weighted by Gasteiger charge is -2.18. The van der Waals surface area contributed by atoms with Gasteiger partial charge in [0.15, 0.2) is 0 Å². The summed E-state index contributed by atoms with van der Waals surface area (Å²) in [5.74, 6) is 0.698. The molecule has 3 unspecified atom stereocenters. The third-order valence-electron chi connectivity index (χ3n) is 4.21. The summed E-state index contributed by atoms with van der Waals surface area (Å²) in [6.45, 7) is 2.07. The van der Waals surface area contributed by atoms with Gasteiger partial charge >= 0.3 is 0 Å². The molecule has 1 aromatic carbocycles. The number of aryl methyl sites for hydroxylation is 1. The SMILES string of the molecule is Cc1ccc(CC(=O)C2CC3CCC2N3)cc1. The van der Waals surface area contributed by atoms with Crippen LogP contribution < -0.4 is 5.32 Å². The van der Waals surface area contributed by atoms with Crippen molar-refractivity contribution in [2.75, 3.05) is 0 Å². The molecular weight excluding hydrogens is 210 g/mol. The molecule has 1 N–H and O–H groups in total. The molecule has 2 heteroatoms. The minimum atomic E-state index is 0.273. The highest BCUT2D eigenvalue weighted by Crippen LogP contribution is 2.34. The van der Waals surface area contributed by atoms with Crippen molar-refractivity contribution in [3.05, 3.63) is 35.4 Å². The van der Waals surface area contributed by atoms with Crippen LogP contribution in [0.15, 0.2) is 24.3 Å². The molecule has 2 aliphatic rings. The van der Waals surface area contributed by atoms with Gasteiger partial charge in [-0.25, -0.2) is 0 Å². The first-order valence-electron chi connectivity index (χ1n) is 6.56. The lowest BCUT2D eigenvalue weighted by Crippen LogP contribution is -2.29. The summed E-state index contributed by atoms with van der Waals surface area (Å²) < 4.78 is 0. The van der Waals surface area contributed by atoms with Gasteiger partial charge in [0.05, 0.1) is 0 Å². The maximum absolute atomic E-state index is 12.2. The molecule has 90 valence electrons. The monoisotopic (exact) mass is 229 g/mol. The number of carbonyl (C=O) groups excluding carboxylic acids is 1. The average molecular weight is 229 g/mol. The van der Waals surface area contributed by atoms with E-state index in [1.54, 1.807) is 0 Å². The summed E-state index contributed by atoms with van der Waals surface area (Å²) in [6, 6.07) is 9.41. The second kappa shape index (κ2) is 4.26. The van der Waals surface area contributed by atoms with Gasteiger partial charge in [-0.15, -0.1) is 0 Å². The van der Waals surface area contributed by atoms with Crippen LogP contribution >= 0.6 is 0 Å². The molecule has 0 spiro atoms. The van der Waals surface area contributed by atoms with Crippen LogP contribution in [-0.2, 0) is 11.2 Å². The molecule has 0 aromatic heterocycles. The first-order chi connectivity index (χ1) is 8.22. The van der Waals surface area contributed by atoms with Gasteiger partial charge in [0.25, 0.3) is 0 Å². The highest BCUT2D eigenvalue weighted by molar-refractivity contribution is 5.84. The van der Waals surface area contributed by atoms with Crippen LogP contribution in [0.2, 0.25) is 0 Å². The highest BCUT2D eigenvalue weighted by Gasteiger charge is 2.42. The molecule has 2 aliphatic heterocycles. The molecule has 17 heavy (non-hydrogen) atoms. The van der Waals surface area contributed by atoms with Gasteiger partial charge in [0, 0.05) is 24.4 Å². The summed E-state index contributed by atoms with van der Waals surface area (Å²) in [5, 5.41) is 3.53. The van der Waals surface area contributed by atoms with E-state index in [0.29, 0.717) is 24.3 Å². The Bertz CT molecular complexity index is 423. The fraction of sp³-hybridized carbons (Fsp3) is 0.533. The Morgan fingerprint density at radius 1 is 1.29 bits per heavy atom. The molecule has 2 bridgehead atoms. The number of Topliss-reactive ketones (excluding diaryl/α,β-unsaturated/α-hetero) is 1. The Morgan fingerprint density at radius 2 is 2.06 bits per heavy atom. The zero-order chi connectivity index (χ0) is 11.8. The lowest BCUT2D eigenvalue weighted by molar-refractivity contribution is -0.122. The molecule has 2 fully saturated rings. The Labute approximate surface area is 102 Å². The first-order valence-corrected chi connectivity index (χ1v) is 6.56. The predicted octanol–water partition coefficient (Wildman–Crippen LogP) is 2.25. The number of benzene rings is 1. The van der Waals surface area contributed by atoms with Crippen molar-refractivity contribution >= 4 is 5.78 Å². The lowest BCUT2D eigenvalue weighted by atomic mass is 9.84. The molecule has 0 saturated carbocycles. The molecule has 2 saturated heterocycles. The fourth-order valence-electron chi connectivity index (χ4n) is 3.22. The molecular formula is C15H19NO. The summed E-state index contributed by atoms with van der Waals surface area (Å²) >= 11 is 0. The van der Waals surface area contributed by atoms with Crippen molar-refractivity contribution in [2.45, 2.75) is 44.7 Å². The third-order valence-corrected chi connectivity index (χ3v) is 4.21. The minimum absolute atomic E-state index is 0.273. The van der Waals surface area contributed by atoms with Gasteiger partial charge in [-0.2, -0.15) is 0 Å². The molecule has 2 heterocycles. The van der Waals surface area contributed by atoms with Crippen molar-refractivity contribution in [3.8, 4) is 0 Å². The number of rotatable bonds is 3. The molecule has 2 nitrogen and oxygen atoms in total. The smallest absolute Gasteiger partial charge is 0.141 e. The molecule has 0 aliphatic carbocycles. The number of hydrogen-bond acceptors (Lipinski definition) is 2. The van der Waals surface area contributed by atoms with Crippen LogP contribution in [0.25, 0.3) is 0 Å². The number of nitrogens with one attached hydrogen (secondary N) is 1. The van der Waals surface area contributed by atoms with Crippen molar-refractivity contribution in [3.63, 3.8) is 0 Å². The highest BCUT2D eigenvalue weighted by atomic mass is 16.1. The van der Waals surface area contributed by atoms with E-state index in [0.717, 1.165) is 12.0 Å². The molecule has 1 aromatic rings. The van der Waals surface area contributed by atoms with E-state index in [9.17, 15) is 4.79 Å². The van der Waals surface area contributed by atoms with Gasteiger partial charge in [-0.1, -0.05) is 29.8 Å². The molecule has 3 atom stereocenters. The van der Waals surface area contributed by atoms with E-state index in [1.807, 2.05) is 0 Å². The van der Waals surface area contributed by atoms with Gasteiger partial charge in [-0.3, -0.25) is 4.79 Å². The second-order valence-electron chi connectivity index (χ2n) is 5.52. The van der Waals surface area contributed by atoms with Crippen LogP contribution in [-0.4, -0.2) is 17.9 Å². The van der Waals surface area contributed by atoms with Crippen molar-refractivity contribution in [2.24, 2.45) is 5.92 Å². The second-order valence-corrected chi connectivity index (χ2v) is 5.52. The van der Waals surface area contributed by atoms with Gasteiger partial charge < -0.3 is 5.32 Å². The van der Waals surface area contributed by atoms with Crippen LogP contribution in [0.3, 0.4) is 0 Å². The Hall–Kier alpha value is -1.15. The molecule has 0 radical (unpaired) electrons. The largest absolute Gasteiger partial charge is 0.310 e. The number of ketones is 1. The molecule has 0 amide bonds. The Kier molecular flexibility index (Phi) is 2.75. The molecule has 3 rings (SSSR count). The van der Waals surface area contributed by atoms with Gasteiger partial charge in [-0.05, 0) is 31.7 Å². The number of fused-ring (bicyclic) bond motifs is 2. The van der Waals surface area contributed by atoms with Gasteiger partial charge in [0.1, 0.15) is 5.78 Å². The summed E-state index contributed by atoms with van der Waals surface area (Å²) in [6.07, 6.45) is 4.12. The third kappa shape index (κ3) is 2.14. The first kappa shape index (κ1) is 11.0. The van der Waals surface area contributed by atoms with Gasteiger partial charge in [0.2, 0.25) is 0 Å². The van der Waals surface area contributed by atoms with Crippen molar-refractivity contribution in [1.29, 1.82) is 0 Å². The van der Waals surface area contributed by atoms with Crippen LogP contribution in [0.5, 0.6) is 0 Å². The average Bonchev–Trinajstić information content (AvgIpc) is 2.94. The van der Waals surface area contributed by atoms with Crippen molar-refractivity contribution in [1.82, 2.24) is 5.32 Å². The van der Waals surface area contributed by atoms with E-state index in [-0.39, 0.29) is 5.92 Å². The number of hydrogen-bond donors (Lipinski definition) is 1. The van der Waals surface area contributed by atoms with E-state index in [4.69, 9.17) is 0 Å². The Morgan fingerprint density at radius 3 is 2.65 bits per heavy atom. The van der Waals surface area contributed by atoms with E-state index in [2.05, 4.69) is 36.5 Å². The summed E-state index contributed by atoms with van der Waals surface area (Å²) in [7, 11) is 0. The van der Waals surface area contributed by atoms with E-state index >= 15 is 0 Å². The summed E-state index contributed by atoms with van der Waals surface area (Å²) in [4.78, 5) is 12.2. The number of carbonyl (C=O) groups is 1. The quantitative estimate of drug-likeness (QED) is 0.861. The van der Waals surface area contributed by atoms with E-state index < -0.39 is 0 Å². The normalized spacial score (nSPS) is 30.8. The maximum Gasteiger partial charge on any atom is 0.141 e.